The van der Waals surface area contributed by atoms with Crippen LogP contribution in [0.2, 0.25) is 5.04 Å². The Morgan fingerprint density at radius 2 is 1.33 bits per heavy atom. The normalized spacial score (nSPS) is 14.7. The maximum absolute atomic E-state index is 9.27. The van der Waals surface area contributed by atoms with Gasteiger partial charge in [-0.05, 0) is 41.1 Å². The fraction of sp³-hybridized carbons (Fsp3) is 0.500. The summed E-state index contributed by atoms with van der Waals surface area (Å²) >= 11 is 0. The molecule has 0 aliphatic heterocycles. The molecule has 0 spiro atoms. The van der Waals surface area contributed by atoms with E-state index >= 15 is 0 Å². The molecule has 0 amide bonds. The number of benzene rings is 2. The van der Waals surface area contributed by atoms with Gasteiger partial charge in [0.2, 0.25) is 0 Å². The minimum absolute atomic E-state index is 0.0162. The number of hydrogen-bond donors (Lipinski definition) is 1. The molecule has 1 N–H and O–H groups in total. The van der Waals surface area contributed by atoms with E-state index in [9.17, 15) is 5.11 Å². The van der Waals surface area contributed by atoms with Crippen LogP contribution >= 0.6 is 0 Å². The summed E-state index contributed by atoms with van der Waals surface area (Å²) in [5.74, 6) is 0.366. The molecule has 0 saturated carbocycles. The second-order valence-corrected chi connectivity index (χ2v) is 13.1. The molecule has 0 fully saturated rings. The first kappa shape index (κ1) is 21.9. The van der Waals surface area contributed by atoms with Crippen molar-refractivity contribution in [3.8, 4) is 0 Å². The van der Waals surface area contributed by atoms with Crippen molar-refractivity contribution in [1.82, 2.24) is 0 Å². The minimum atomic E-state index is -2.45. The Morgan fingerprint density at radius 1 is 0.852 bits per heavy atom. The Bertz CT molecular complexity index is 624. The van der Waals surface area contributed by atoms with Gasteiger partial charge in [0.05, 0.1) is 0 Å². The molecule has 2 atom stereocenters. The molecule has 0 unspecified atom stereocenters. The molecule has 0 radical (unpaired) electrons. The summed E-state index contributed by atoms with van der Waals surface area (Å²) in [6, 6.07) is 21.6. The molecule has 0 aliphatic carbocycles. The molecule has 0 aliphatic rings. The lowest BCUT2D eigenvalue weighted by atomic mass is 10.0. The zero-order valence-corrected chi connectivity index (χ0v) is 18.6. The Morgan fingerprint density at radius 3 is 1.74 bits per heavy atom. The Kier molecular flexibility index (Phi) is 7.84. The Hall–Kier alpha value is -1.42. The van der Waals surface area contributed by atoms with E-state index in [1.54, 1.807) is 0 Å². The van der Waals surface area contributed by atoms with Gasteiger partial charge in [-0.15, -0.1) is 0 Å². The lowest BCUT2D eigenvalue weighted by Crippen LogP contribution is -2.67. The minimum Gasteiger partial charge on any atom is -0.405 e. The van der Waals surface area contributed by atoms with Crippen molar-refractivity contribution < 1.29 is 9.53 Å². The van der Waals surface area contributed by atoms with Gasteiger partial charge in [-0.1, -0.05) is 94.8 Å². The number of rotatable bonds is 9. The van der Waals surface area contributed by atoms with Crippen molar-refractivity contribution in [1.29, 1.82) is 0 Å². The van der Waals surface area contributed by atoms with E-state index in [1.807, 2.05) is 0 Å². The van der Waals surface area contributed by atoms with Crippen molar-refractivity contribution >= 4 is 18.7 Å². The van der Waals surface area contributed by atoms with Crippen LogP contribution in [-0.4, -0.2) is 26.1 Å². The van der Waals surface area contributed by atoms with E-state index in [-0.39, 0.29) is 17.7 Å². The van der Waals surface area contributed by atoms with Crippen molar-refractivity contribution in [2.24, 2.45) is 5.92 Å². The van der Waals surface area contributed by atoms with E-state index in [0.29, 0.717) is 5.92 Å². The molecule has 2 aromatic rings. The van der Waals surface area contributed by atoms with Crippen LogP contribution < -0.4 is 10.4 Å². The first-order chi connectivity index (χ1) is 12.8. The molecule has 2 nitrogen and oxygen atoms in total. The third-order valence-corrected chi connectivity index (χ3v) is 10.6. The van der Waals surface area contributed by atoms with Gasteiger partial charge in [-0.2, -0.15) is 0 Å². The summed E-state index contributed by atoms with van der Waals surface area (Å²) in [5.41, 5.74) is 0. The first-order valence-corrected chi connectivity index (χ1v) is 12.1. The van der Waals surface area contributed by atoms with E-state index in [4.69, 9.17) is 4.43 Å². The third-order valence-electron chi connectivity index (χ3n) is 5.41. The number of aliphatic hydroxyl groups is 1. The van der Waals surface area contributed by atoms with Gasteiger partial charge < -0.3 is 9.53 Å². The second kappa shape index (κ2) is 9.68. The van der Waals surface area contributed by atoms with Gasteiger partial charge in [-0.3, -0.25) is 0 Å². The van der Waals surface area contributed by atoms with E-state index in [2.05, 4.69) is 95.3 Å². The van der Waals surface area contributed by atoms with Crippen molar-refractivity contribution in [2.75, 3.05) is 6.61 Å². The van der Waals surface area contributed by atoms with Crippen LogP contribution in [0.4, 0.5) is 0 Å². The Balaban J connectivity index is 2.38. The summed E-state index contributed by atoms with van der Waals surface area (Å²) < 4.78 is 7.07. The first-order valence-electron chi connectivity index (χ1n) is 10.2. The molecule has 0 aromatic heterocycles. The van der Waals surface area contributed by atoms with Gasteiger partial charge in [0.1, 0.15) is 0 Å². The smallest absolute Gasteiger partial charge is 0.261 e. The van der Waals surface area contributed by atoms with E-state index in [1.165, 1.54) is 10.4 Å². The lowest BCUT2D eigenvalue weighted by molar-refractivity contribution is 0.181. The van der Waals surface area contributed by atoms with Crippen molar-refractivity contribution in [2.45, 2.75) is 65.0 Å². The molecule has 2 aromatic carbocycles. The van der Waals surface area contributed by atoms with E-state index < -0.39 is 8.32 Å². The fourth-order valence-electron chi connectivity index (χ4n) is 3.90. The summed E-state index contributed by atoms with van der Waals surface area (Å²) in [5, 5.41) is 11.9. The SMILES string of the molecule is C[C@H](CO)CCC[C@H](C)O[Si](c1ccccc1)(c1ccccc1)C(C)(C)C. The van der Waals surface area contributed by atoms with Gasteiger partial charge >= 0.3 is 0 Å². The highest BCUT2D eigenvalue weighted by Crippen LogP contribution is 2.37. The maximum Gasteiger partial charge on any atom is 0.261 e. The quantitative estimate of drug-likeness (QED) is 0.632. The molecule has 0 heterocycles. The molecule has 0 saturated heterocycles. The van der Waals surface area contributed by atoms with Crippen LogP contribution in [-0.2, 0) is 4.43 Å². The molecule has 3 heteroatoms. The van der Waals surface area contributed by atoms with Gasteiger partial charge in [-0.25, -0.2) is 0 Å². The van der Waals surface area contributed by atoms with E-state index in [0.717, 1.165) is 19.3 Å². The van der Waals surface area contributed by atoms with Crippen LogP contribution in [0, 0.1) is 5.92 Å². The highest BCUT2D eigenvalue weighted by atomic mass is 28.4. The third kappa shape index (κ3) is 5.31. The van der Waals surface area contributed by atoms with Crippen LogP contribution in [0.3, 0.4) is 0 Å². The fourth-order valence-corrected chi connectivity index (χ4v) is 8.63. The molecule has 148 valence electrons. The average molecular weight is 385 g/mol. The molecule has 2 rings (SSSR count). The largest absolute Gasteiger partial charge is 0.405 e. The number of hydrogen-bond acceptors (Lipinski definition) is 2. The summed E-state index contributed by atoms with van der Waals surface area (Å²) in [6.45, 7) is 11.5. The predicted octanol–water partition coefficient (Wildman–Crippen LogP) is 4.75. The highest BCUT2D eigenvalue weighted by molar-refractivity contribution is 6.99. The average Bonchev–Trinajstić information content (AvgIpc) is 2.66. The predicted molar refractivity (Wildman–Crippen MR) is 118 cm³/mol. The molecule has 27 heavy (non-hydrogen) atoms. The monoisotopic (exact) mass is 384 g/mol. The summed E-state index contributed by atoms with van der Waals surface area (Å²) in [6.07, 6.45) is 3.34. The number of aliphatic hydroxyl groups excluding tert-OH is 1. The maximum atomic E-state index is 9.27. The van der Waals surface area contributed by atoms with Gasteiger partial charge in [0.25, 0.3) is 8.32 Å². The second-order valence-electron chi connectivity index (χ2n) is 8.81. The zero-order chi connectivity index (χ0) is 19.9. The Labute approximate surface area is 166 Å². The van der Waals surface area contributed by atoms with Crippen LogP contribution in [0.15, 0.2) is 60.7 Å². The summed E-state index contributed by atoms with van der Waals surface area (Å²) in [4.78, 5) is 0. The lowest BCUT2D eigenvalue weighted by Gasteiger charge is -2.44. The van der Waals surface area contributed by atoms with Crippen molar-refractivity contribution in [3.05, 3.63) is 60.7 Å². The zero-order valence-electron chi connectivity index (χ0n) is 17.6. The van der Waals surface area contributed by atoms with Gasteiger partial charge in [0, 0.05) is 12.7 Å². The molecule has 0 bridgehead atoms. The molecular weight excluding hydrogens is 348 g/mol. The topological polar surface area (TPSA) is 29.5 Å². The van der Waals surface area contributed by atoms with Crippen molar-refractivity contribution in [3.63, 3.8) is 0 Å². The van der Waals surface area contributed by atoms with Crippen LogP contribution in [0.25, 0.3) is 0 Å². The summed E-state index contributed by atoms with van der Waals surface area (Å²) in [7, 11) is -2.45. The molecular formula is C24H36O2Si. The standard InChI is InChI=1S/C24H36O2Si/c1-20(19-25)13-12-14-21(2)26-27(24(3,4)5,22-15-8-6-9-16-22)23-17-10-7-11-18-23/h6-11,15-18,20-21,25H,12-14,19H2,1-5H3/t20-,21-/m0/s1. The highest BCUT2D eigenvalue weighted by Gasteiger charge is 2.50. The van der Waals surface area contributed by atoms with Crippen LogP contribution in [0.1, 0.15) is 53.9 Å². The van der Waals surface area contributed by atoms with Gasteiger partial charge in [0.15, 0.2) is 0 Å². The van der Waals surface area contributed by atoms with Crippen LogP contribution in [0.5, 0.6) is 0 Å².